The summed E-state index contributed by atoms with van der Waals surface area (Å²) in [4.78, 5) is 2.20. The minimum Gasteiger partial charge on any atom is -0.504 e. The highest BCUT2D eigenvalue weighted by atomic mass is 16.5. The van der Waals surface area contributed by atoms with Crippen molar-refractivity contribution in [3.05, 3.63) is 23.8 Å². The fourth-order valence-corrected chi connectivity index (χ4v) is 1.80. The van der Waals surface area contributed by atoms with Gasteiger partial charge in [-0.3, -0.25) is 4.90 Å². The van der Waals surface area contributed by atoms with Crippen molar-refractivity contribution >= 4 is 0 Å². The van der Waals surface area contributed by atoms with Gasteiger partial charge in [0.15, 0.2) is 11.5 Å². The molecule has 0 fully saturated rings. The number of aromatic hydroxyl groups is 1. The largest absolute Gasteiger partial charge is 0.504 e. The number of phenols is 1. The molecular weight excluding hydrogens is 216 g/mol. The second-order valence-corrected chi connectivity index (χ2v) is 4.44. The maximum atomic E-state index is 9.57. The van der Waals surface area contributed by atoms with Gasteiger partial charge in [0, 0.05) is 18.6 Å². The lowest BCUT2D eigenvalue weighted by Crippen LogP contribution is -2.35. The molecule has 4 nitrogen and oxygen atoms in total. The number of rotatable bonds is 5. The lowest BCUT2D eigenvalue weighted by molar-refractivity contribution is 0.200. The summed E-state index contributed by atoms with van der Waals surface area (Å²) in [7, 11) is 3.59. The normalized spacial score (nSPS) is 13.1. The first-order valence-electron chi connectivity index (χ1n) is 5.80. The van der Waals surface area contributed by atoms with E-state index in [9.17, 15) is 5.11 Å². The van der Waals surface area contributed by atoms with Crippen molar-refractivity contribution in [1.82, 2.24) is 4.90 Å². The molecule has 0 aliphatic carbocycles. The molecule has 0 bridgehead atoms. The number of ether oxygens (including phenoxy) is 1. The van der Waals surface area contributed by atoms with Gasteiger partial charge in [-0.25, -0.2) is 0 Å². The Kier molecular flexibility index (Phi) is 4.78. The zero-order chi connectivity index (χ0) is 13.0. The summed E-state index contributed by atoms with van der Waals surface area (Å²) in [5, 5.41) is 9.57. The quantitative estimate of drug-likeness (QED) is 0.820. The van der Waals surface area contributed by atoms with E-state index < -0.39 is 0 Å². The lowest BCUT2D eigenvalue weighted by Gasteiger charge is -2.31. The summed E-state index contributed by atoms with van der Waals surface area (Å²) in [6.07, 6.45) is 0. The Morgan fingerprint density at radius 1 is 1.41 bits per heavy atom. The van der Waals surface area contributed by atoms with Crippen LogP contribution >= 0.6 is 0 Å². The molecule has 0 heterocycles. The third-order valence-corrected chi connectivity index (χ3v) is 3.12. The van der Waals surface area contributed by atoms with E-state index in [-0.39, 0.29) is 11.8 Å². The summed E-state index contributed by atoms with van der Waals surface area (Å²) in [5.41, 5.74) is 6.88. The zero-order valence-electron chi connectivity index (χ0n) is 11.0. The van der Waals surface area contributed by atoms with Crippen LogP contribution in [0.25, 0.3) is 0 Å². The molecule has 0 aliphatic heterocycles. The molecule has 1 aromatic carbocycles. The van der Waals surface area contributed by atoms with Crippen LogP contribution < -0.4 is 10.5 Å². The molecule has 4 heteroatoms. The first-order valence-corrected chi connectivity index (χ1v) is 5.80. The monoisotopic (exact) mass is 238 g/mol. The van der Waals surface area contributed by atoms with Crippen molar-refractivity contribution in [2.75, 3.05) is 20.7 Å². The van der Waals surface area contributed by atoms with Crippen molar-refractivity contribution in [3.63, 3.8) is 0 Å². The molecule has 0 saturated heterocycles. The predicted octanol–water partition coefficient (Wildman–Crippen LogP) is 1.74. The molecule has 3 N–H and O–H groups in total. The average Bonchev–Trinajstić information content (AvgIpc) is 2.31. The van der Waals surface area contributed by atoms with Crippen molar-refractivity contribution in [1.29, 1.82) is 0 Å². The van der Waals surface area contributed by atoms with Gasteiger partial charge in [-0.15, -0.1) is 0 Å². The van der Waals surface area contributed by atoms with E-state index in [1.807, 2.05) is 19.2 Å². The number of nitrogens with two attached hydrogens (primary N) is 1. The first-order chi connectivity index (χ1) is 8.01. The minimum atomic E-state index is 0.129. The highest BCUT2D eigenvalue weighted by Gasteiger charge is 2.19. The average molecular weight is 238 g/mol. The van der Waals surface area contributed by atoms with Gasteiger partial charge in [-0.2, -0.15) is 0 Å². The maximum absolute atomic E-state index is 9.57. The third kappa shape index (κ3) is 3.11. The fourth-order valence-electron chi connectivity index (χ4n) is 1.80. The number of hydrogen-bond acceptors (Lipinski definition) is 4. The van der Waals surface area contributed by atoms with E-state index in [0.717, 1.165) is 5.56 Å². The van der Waals surface area contributed by atoms with Crippen LogP contribution in [0.4, 0.5) is 0 Å². The number of hydrogen-bond donors (Lipinski definition) is 2. The Morgan fingerprint density at radius 3 is 2.53 bits per heavy atom. The van der Waals surface area contributed by atoms with Gasteiger partial charge in [0.2, 0.25) is 0 Å². The van der Waals surface area contributed by atoms with Crippen LogP contribution in [0, 0.1) is 0 Å². The number of phenolic OH excluding ortho intramolecular Hbond substituents is 1. The number of nitrogens with zero attached hydrogens (tertiary/aromatic N) is 1. The summed E-state index contributed by atoms with van der Waals surface area (Å²) in [5.74, 6) is 0.636. The van der Waals surface area contributed by atoms with Crippen molar-refractivity contribution in [2.45, 2.75) is 25.9 Å². The molecule has 0 aliphatic rings. The summed E-state index contributed by atoms with van der Waals surface area (Å²) in [6, 6.07) is 5.90. The van der Waals surface area contributed by atoms with Gasteiger partial charge in [-0.1, -0.05) is 6.07 Å². The van der Waals surface area contributed by atoms with Gasteiger partial charge < -0.3 is 15.6 Å². The van der Waals surface area contributed by atoms with Crippen molar-refractivity contribution in [2.24, 2.45) is 5.73 Å². The van der Waals surface area contributed by atoms with Gasteiger partial charge in [-0.05, 0) is 38.6 Å². The molecular formula is C13H22N2O2. The molecule has 1 unspecified atom stereocenters. The van der Waals surface area contributed by atoms with E-state index in [4.69, 9.17) is 10.5 Å². The lowest BCUT2D eigenvalue weighted by atomic mass is 10.0. The van der Waals surface area contributed by atoms with Gasteiger partial charge >= 0.3 is 0 Å². The molecule has 1 atom stereocenters. The maximum Gasteiger partial charge on any atom is 0.160 e. The van der Waals surface area contributed by atoms with Crippen molar-refractivity contribution in [3.8, 4) is 11.5 Å². The molecule has 0 radical (unpaired) electrons. The molecule has 0 aromatic heterocycles. The summed E-state index contributed by atoms with van der Waals surface area (Å²) < 4.78 is 5.11. The van der Waals surface area contributed by atoms with Crippen LogP contribution in [0.3, 0.4) is 0 Å². The minimum absolute atomic E-state index is 0.129. The Bertz CT molecular complexity index is 366. The SMILES string of the molecule is COc1cc(C(CN)N(C)C(C)C)ccc1O. The van der Waals surface area contributed by atoms with Crippen LogP contribution in [0.15, 0.2) is 18.2 Å². The highest BCUT2D eigenvalue weighted by Crippen LogP contribution is 2.30. The van der Waals surface area contributed by atoms with Crippen LogP contribution in [0.2, 0.25) is 0 Å². The number of methoxy groups -OCH3 is 1. The first kappa shape index (κ1) is 13.8. The molecule has 1 rings (SSSR count). The molecule has 17 heavy (non-hydrogen) atoms. The highest BCUT2D eigenvalue weighted by molar-refractivity contribution is 5.42. The molecule has 0 amide bonds. The van der Waals surface area contributed by atoms with Gasteiger partial charge in [0.25, 0.3) is 0 Å². The Morgan fingerprint density at radius 2 is 2.06 bits per heavy atom. The molecule has 0 spiro atoms. The van der Waals surface area contributed by atoms with Gasteiger partial charge in [0.05, 0.1) is 7.11 Å². The fraction of sp³-hybridized carbons (Fsp3) is 0.538. The van der Waals surface area contributed by atoms with Crippen LogP contribution in [0.1, 0.15) is 25.5 Å². The zero-order valence-corrected chi connectivity index (χ0v) is 11.0. The molecule has 0 saturated carbocycles. The summed E-state index contributed by atoms with van der Waals surface area (Å²) in [6.45, 7) is 4.78. The van der Waals surface area contributed by atoms with Crippen LogP contribution in [-0.4, -0.2) is 36.8 Å². The van der Waals surface area contributed by atoms with E-state index in [1.54, 1.807) is 13.2 Å². The second kappa shape index (κ2) is 5.89. The Labute approximate surface area is 103 Å². The van der Waals surface area contributed by atoms with E-state index in [0.29, 0.717) is 18.3 Å². The Hall–Kier alpha value is -1.26. The third-order valence-electron chi connectivity index (χ3n) is 3.12. The topological polar surface area (TPSA) is 58.7 Å². The molecule has 96 valence electrons. The number of likely N-dealkylation sites (N-methyl/N-ethyl adjacent to an activating group) is 1. The second-order valence-electron chi connectivity index (χ2n) is 4.44. The van der Waals surface area contributed by atoms with Gasteiger partial charge in [0.1, 0.15) is 0 Å². The number of benzene rings is 1. The van der Waals surface area contributed by atoms with E-state index >= 15 is 0 Å². The standard InChI is InChI=1S/C13H22N2O2/c1-9(2)15(3)11(8-14)10-5-6-12(16)13(7-10)17-4/h5-7,9,11,16H,8,14H2,1-4H3. The van der Waals surface area contributed by atoms with Crippen LogP contribution in [0.5, 0.6) is 11.5 Å². The van der Waals surface area contributed by atoms with E-state index in [1.165, 1.54) is 0 Å². The smallest absolute Gasteiger partial charge is 0.160 e. The van der Waals surface area contributed by atoms with Crippen molar-refractivity contribution < 1.29 is 9.84 Å². The summed E-state index contributed by atoms with van der Waals surface area (Å²) >= 11 is 0. The Balaban J connectivity index is 3.04. The molecule has 1 aromatic rings. The van der Waals surface area contributed by atoms with E-state index in [2.05, 4.69) is 18.7 Å². The predicted molar refractivity (Wildman–Crippen MR) is 69.4 cm³/mol. The van der Waals surface area contributed by atoms with Crippen LogP contribution in [-0.2, 0) is 0 Å².